The first-order valence-electron chi connectivity index (χ1n) is 9.49. The van der Waals surface area contributed by atoms with Crippen LogP contribution in [-0.4, -0.2) is 34.0 Å². The van der Waals surface area contributed by atoms with Crippen molar-refractivity contribution in [1.82, 2.24) is 4.90 Å². The van der Waals surface area contributed by atoms with Crippen molar-refractivity contribution in [1.29, 1.82) is 0 Å². The van der Waals surface area contributed by atoms with E-state index < -0.39 is 5.97 Å². The first-order chi connectivity index (χ1) is 13.7. The van der Waals surface area contributed by atoms with Gasteiger partial charge in [0.1, 0.15) is 0 Å². The van der Waals surface area contributed by atoms with Crippen LogP contribution in [0.5, 0.6) is 0 Å². The second-order valence-electron chi connectivity index (χ2n) is 7.11. The van der Waals surface area contributed by atoms with Crippen LogP contribution in [0.2, 0.25) is 0 Å². The molecule has 0 aliphatic carbocycles. The van der Waals surface area contributed by atoms with Crippen molar-refractivity contribution in [2.24, 2.45) is 0 Å². The third-order valence-electron chi connectivity index (χ3n) is 4.40. The van der Waals surface area contributed by atoms with Crippen LogP contribution >= 0.6 is 0 Å². The summed E-state index contributed by atoms with van der Waals surface area (Å²) in [5, 5.41) is 14.3. The summed E-state index contributed by atoms with van der Waals surface area (Å²) < 4.78 is 0. The minimum Gasteiger partial charge on any atom is -0.481 e. The molecular formula is C22H27N3O4. The van der Waals surface area contributed by atoms with Gasteiger partial charge in [-0.15, -0.1) is 0 Å². The van der Waals surface area contributed by atoms with Gasteiger partial charge in [-0.2, -0.15) is 0 Å². The summed E-state index contributed by atoms with van der Waals surface area (Å²) in [6, 6.07) is 14.2. The number of hydrogen-bond donors (Lipinski definition) is 3. The highest BCUT2D eigenvalue weighted by atomic mass is 16.4. The van der Waals surface area contributed by atoms with Crippen LogP contribution < -0.4 is 10.6 Å². The molecule has 3 amide bonds. The number of carbonyl (C=O) groups excluding carboxylic acids is 2. The summed E-state index contributed by atoms with van der Waals surface area (Å²) in [7, 11) is 0. The maximum Gasteiger partial charge on any atom is 0.323 e. The number of amides is 3. The van der Waals surface area contributed by atoms with Crippen LogP contribution in [0.15, 0.2) is 48.5 Å². The number of nitrogens with one attached hydrogen (secondary N) is 2. The smallest absolute Gasteiger partial charge is 0.323 e. The van der Waals surface area contributed by atoms with E-state index in [0.717, 1.165) is 11.1 Å². The van der Waals surface area contributed by atoms with E-state index in [1.54, 1.807) is 42.2 Å². The maximum atomic E-state index is 12.2. The number of anilines is 2. The number of carboxylic acids is 1. The van der Waals surface area contributed by atoms with Crippen molar-refractivity contribution in [3.8, 4) is 0 Å². The maximum absolute atomic E-state index is 12.2. The molecule has 7 nitrogen and oxygen atoms in total. The molecule has 0 saturated carbocycles. The molecule has 2 rings (SSSR count). The highest BCUT2D eigenvalue weighted by Gasteiger charge is 2.13. The van der Waals surface area contributed by atoms with E-state index in [0.29, 0.717) is 24.3 Å². The summed E-state index contributed by atoms with van der Waals surface area (Å²) >= 11 is 0. The lowest BCUT2D eigenvalue weighted by Gasteiger charge is -2.25. The Labute approximate surface area is 170 Å². The lowest BCUT2D eigenvalue weighted by atomic mass is 10.1. The molecule has 29 heavy (non-hydrogen) atoms. The van der Waals surface area contributed by atoms with Crippen LogP contribution in [0, 0.1) is 0 Å². The predicted molar refractivity (Wildman–Crippen MR) is 113 cm³/mol. The van der Waals surface area contributed by atoms with Gasteiger partial charge in [-0.3, -0.25) is 9.59 Å². The average Bonchev–Trinajstić information content (AvgIpc) is 2.65. The fraction of sp³-hybridized carbons (Fsp3) is 0.318. The largest absolute Gasteiger partial charge is 0.481 e. The van der Waals surface area contributed by atoms with Gasteiger partial charge in [0.15, 0.2) is 0 Å². The molecule has 0 bridgehead atoms. The molecule has 2 aromatic rings. The Hall–Kier alpha value is -3.35. The molecule has 0 aliphatic rings. The van der Waals surface area contributed by atoms with Gasteiger partial charge in [-0.1, -0.05) is 24.3 Å². The molecule has 0 heterocycles. The van der Waals surface area contributed by atoms with E-state index in [9.17, 15) is 14.4 Å². The van der Waals surface area contributed by atoms with Crippen LogP contribution in [0.4, 0.5) is 16.2 Å². The van der Waals surface area contributed by atoms with Gasteiger partial charge in [0, 0.05) is 37.3 Å². The lowest BCUT2D eigenvalue weighted by molar-refractivity contribution is -0.137. The minimum absolute atomic E-state index is 0.0205. The van der Waals surface area contributed by atoms with Crippen molar-refractivity contribution in [2.45, 2.75) is 46.2 Å². The van der Waals surface area contributed by atoms with Gasteiger partial charge >= 0.3 is 12.0 Å². The van der Waals surface area contributed by atoms with Crippen molar-refractivity contribution in [2.75, 3.05) is 10.6 Å². The summed E-state index contributed by atoms with van der Waals surface area (Å²) in [5.74, 6) is -0.837. The van der Waals surface area contributed by atoms with Crippen molar-refractivity contribution in [3.05, 3.63) is 59.7 Å². The molecule has 3 N–H and O–H groups in total. The highest BCUT2D eigenvalue weighted by molar-refractivity contribution is 5.99. The van der Waals surface area contributed by atoms with Crippen LogP contribution in [-0.2, 0) is 22.6 Å². The average molecular weight is 397 g/mol. The number of carbonyl (C=O) groups is 3. The Balaban J connectivity index is 1.93. The van der Waals surface area contributed by atoms with Crippen LogP contribution in [0.1, 0.15) is 38.3 Å². The molecule has 0 spiro atoms. The van der Waals surface area contributed by atoms with Crippen LogP contribution in [0.3, 0.4) is 0 Å². The van der Waals surface area contributed by atoms with Gasteiger partial charge < -0.3 is 20.6 Å². The zero-order valence-corrected chi connectivity index (χ0v) is 16.9. The fourth-order valence-electron chi connectivity index (χ4n) is 2.90. The summed E-state index contributed by atoms with van der Waals surface area (Å²) in [6.45, 7) is 6.01. The number of hydrogen-bond acceptors (Lipinski definition) is 3. The predicted octanol–water partition coefficient (Wildman–Crippen LogP) is 4.10. The monoisotopic (exact) mass is 397 g/mol. The number of aliphatic carboxylic acids is 1. The standard InChI is InChI=1S/C22H27N3O4/c1-15(2)25(16(3)26)14-18-7-10-19(11-8-18)23-22(29)24-20-6-4-5-17(13-20)9-12-21(27)28/h4-8,10-11,13,15H,9,12,14H2,1-3H3,(H,27,28)(H2,23,24,29). The van der Waals surface area contributed by atoms with E-state index in [-0.39, 0.29) is 24.4 Å². The first kappa shape index (κ1) is 21.9. The number of benzene rings is 2. The SMILES string of the molecule is CC(=O)N(Cc1ccc(NC(=O)Nc2cccc(CCC(=O)O)c2)cc1)C(C)C. The number of nitrogens with zero attached hydrogens (tertiary/aromatic N) is 1. The number of carboxylic acid groups (broad SMARTS) is 1. The van der Waals surface area contributed by atoms with Gasteiger partial charge in [0.25, 0.3) is 0 Å². The highest BCUT2D eigenvalue weighted by Crippen LogP contribution is 2.15. The first-order valence-corrected chi connectivity index (χ1v) is 9.49. The molecular weight excluding hydrogens is 370 g/mol. The molecule has 0 saturated heterocycles. The summed E-state index contributed by atoms with van der Waals surface area (Å²) in [4.78, 5) is 36.4. The molecule has 0 radical (unpaired) electrons. The quantitative estimate of drug-likeness (QED) is 0.624. The molecule has 2 aromatic carbocycles. The molecule has 0 atom stereocenters. The Kier molecular flexibility index (Phi) is 7.77. The summed E-state index contributed by atoms with van der Waals surface area (Å²) in [6.07, 6.45) is 0.446. The third kappa shape index (κ3) is 7.29. The third-order valence-corrected chi connectivity index (χ3v) is 4.40. The Morgan fingerprint density at radius 1 is 0.966 bits per heavy atom. The molecule has 7 heteroatoms. The fourth-order valence-corrected chi connectivity index (χ4v) is 2.90. The zero-order valence-electron chi connectivity index (χ0n) is 16.9. The van der Waals surface area contributed by atoms with E-state index in [4.69, 9.17) is 5.11 Å². The van der Waals surface area contributed by atoms with Crippen LogP contribution in [0.25, 0.3) is 0 Å². The number of aryl methyl sites for hydroxylation is 1. The van der Waals surface area contributed by atoms with E-state index in [2.05, 4.69) is 10.6 Å². The Morgan fingerprint density at radius 2 is 1.62 bits per heavy atom. The minimum atomic E-state index is -0.857. The van der Waals surface area contributed by atoms with Gasteiger partial charge in [0.2, 0.25) is 5.91 Å². The summed E-state index contributed by atoms with van der Waals surface area (Å²) in [5.41, 5.74) is 3.05. The van der Waals surface area contributed by atoms with E-state index in [1.165, 1.54) is 0 Å². The van der Waals surface area contributed by atoms with Crippen molar-refractivity contribution >= 4 is 29.3 Å². The van der Waals surface area contributed by atoms with E-state index >= 15 is 0 Å². The Bertz CT molecular complexity index is 863. The topological polar surface area (TPSA) is 98.7 Å². The van der Waals surface area contributed by atoms with E-state index in [1.807, 2.05) is 32.0 Å². The normalized spacial score (nSPS) is 10.5. The Morgan fingerprint density at radius 3 is 2.21 bits per heavy atom. The number of rotatable bonds is 8. The molecule has 0 aliphatic heterocycles. The molecule has 154 valence electrons. The second-order valence-corrected chi connectivity index (χ2v) is 7.11. The van der Waals surface area contributed by atoms with Gasteiger partial charge in [-0.05, 0) is 55.7 Å². The molecule has 0 fully saturated rings. The second kappa shape index (κ2) is 10.3. The van der Waals surface area contributed by atoms with Crippen molar-refractivity contribution < 1.29 is 19.5 Å². The zero-order chi connectivity index (χ0) is 21.4. The lowest BCUT2D eigenvalue weighted by Crippen LogP contribution is -2.34. The van der Waals surface area contributed by atoms with Gasteiger partial charge in [0.05, 0.1) is 0 Å². The molecule has 0 unspecified atom stereocenters. The number of urea groups is 1. The van der Waals surface area contributed by atoms with Crippen molar-refractivity contribution in [3.63, 3.8) is 0 Å². The van der Waals surface area contributed by atoms with Gasteiger partial charge in [-0.25, -0.2) is 4.79 Å². The molecule has 0 aromatic heterocycles.